The monoisotopic (exact) mass is 352 g/mol. The first-order chi connectivity index (χ1) is 12.3. The van der Waals surface area contributed by atoms with Gasteiger partial charge in [0.1, 0.15) is 12.4 Å². The second kappa shape index (κ2) is 8.85. The summed E-state index contributed by atoms with van der Waals surface area (Å²) in [6.07, 6.45) is 0. The number of benzene rings is 2. The molecule has 0 saturated heterocycles. The topological polar surface area (TPSA) is 67.4 Å². The minimum atomic E-state index is -0.233. The summed E-state index contributed by atoms with van der Waals surface area (Å²) in [5, 5.41) is 5.64. The molecule has 0 heterocycles. The van der Waals surface area contributed by atoms with E-state index in [1.807, 2.05) is 20.8 Å². The third kappa shape index (κ3) is 5.77. The Morgan fingerprint density at radius 3 is 2.23 bits per heavy atom. The molecule has 0 saturated carbocycles. The molecule has 26 heavy (non-hydrogen) atoms. The molecule has 5 nitrogen and oxygen atoms in total. The molecule has 2 amide bonds. The van der Waals surface area contributed by atoms with Crippen LogP contribution < -0.4 is 15.4 Å². The molecule has 2 aromatic rings. The van der Waals surface area contributed by atoms with E-state index >= 15 is 0 Å². The van der Waals surface area contributed by atoms with Gasteiger partial charge in [-0.1, -0.05) is 26.5 Å². The van der Waals surface area contributed by atoms with Crippen LogP contribution in [0.5, 0.6) is 5.75 Å². The molecule has 0 aromatic heterocycles. The first-order valence-corrected chi connectivity index (χ1v) is 8.44. The van der Waals surface area contributed by atoms with Gasteiger partial charge in [-0.05, 0) is 55.0 Å². The molecule has 0 aliphatic heterocycles. The van der Waals surface area contributed by atoms with Crippen LogP contribution in [0.15, 0.2) is 60.7 Å². The van der Waals surface area contributed by atoms with Gasteiger partial charge in [-0.2, -0.15) is 0 Å². The number of rotatable bonds is 7. The van der Waals surface area contributed by atoms with E-state index in [0.717, 1.165) is 5.57 Å². The summed E-state index contributed by atoms with van der Waals surface area (Å²) in [6.45, 7) is 9.76. The number of carbonyl (C=O) groups is 2. The fourth-order valence-corrected chi connectivity index (χ4v) is 2.07. The van der Waals surface area contributed by atoms with Crippen LogP contribution in [0.2, 0.25) is 0 Å². The minimum Gasteiger partial charge on any atom is -0.489 e. The van der Waals surface area contributed by atoms with Crippen LogP contribution in [0.4, 0.5) is 11.4 Å². The average Bonchev–Trinajstić information content (AvgIpc) is 2.60. The van der Waals surface area contributed by atoms with Gasteiger partial charge >= 0.3 is 0 Å². The lowest BCUT2D eigenvalue weighted by molar-refractivity contribution is -0.118. The van der Waals surface area contributed by atoms with Gasteiger partial charge in [0, 0.05) is 22.9 Å². The molecule has 0 aliphatic carbocycles. The molecule has 2 aromatic carbocycles. The molecular weight excluding hydrogens is 328 g/mol. The van der Waals surface area contributed by atoms with Crippen LogP contribution in [0, 0.1) is 5.92 Å². The molecule has 0 atom stereocenters. The Bertz CT molecular complexity index is 795. The minimum absolute atomic E-state index is 0.0705. The van der Waals surface area contributed by atoms with Crippen LogP contribution in [0.1, 0.15) is 31.1 Å². The van der Waals surface area contributed by atoms with Gasteiger partial charge in [0.15, 0.2) is 0 Å². The van der Waals surface area contributed by atoms with Crippen LogP contribution in [0.3, 0.4) is 0 Å². The van der Waals surface area contributed by atoms with E-state index in [9.17, 15) is 9.59 Å². The molecule has 0 aliphatic rings. The van der Waals surface area contributed by atoms with E-state index in [0.29, 0.717) is 29.3 Å². The zero-order chi connectivity index (χ0) is 19.1. The van der Waals surface area contributed by atoms with Crippen molar-refractivity contribution in [1.82, 2.24) is 0 Å². The van der Waals surface area contributed by atoms with E-state index in [4.69, 9.17) is 4.74 Å². The Morgan fingerprint density at radius 1 is 1.04 bits per heavy atom. The summed E-state index contributed by atoms with van der Waals surface area (Å²) >= 11 is 0. The molecule has 0 unspecified atom stereocenters. The maximum Gasteiger partial charge on any atom is 0.255 e. The lowest BCUT2D eigenvalue weighted by atomic mass is 10.2. The van der Waals surface area contributed by atoms with Crippen molar-refractivity contribution in [3.05, 3.63) is 66.2 Å². The van der Waals surface area contributed by atoms with Gasteiger partial charge in [-0.15, -0.1) is 0 Å². The van der Waals surface area contributed by atoms with Gasteiger partial charge < -0.3 is 15.4 Å². The number of hydrogen-bond donors (Lipinski definition) is 2. The average molecular weight is 352 g/mol. The standard InChI is InChI=1S/C21H24N2O3/c1-14(2)13-26-19-10-8-16(9-11-19)21(25)23-18-7-5-6-17(12-18)22-20(24)15(3)4/h5-12,15H,1,13H2,2-4H3,(H,22,24)(H,23,25). The number of anilines is 2. The van der Waals surface area contributed by atoms with Crippen molar-refractivity contribution in [3.63, 3.8) is 0 Å². The van der Waals surface area contributed by atoms with Gasteiger partial charge in [0.25, 0.3) is 5.91 Å². The normalized spacial score (nSPS) is 10.3. The quantitative estimate of drug-likeness (QED) is 0.722. The summed E-state index contributed by atoms with van der Waals surface area (Å²) in [6, 6.07) is 14.0. The van der Waals surface area contributed by atoms with E-state index < -0.39 is 0 Å². The summed E-state index contributed by atoms with van der Waals surface area (Å²) in [4.78, 5) is 24.2. The summed E-state index contributed by atoms with van der Waals surface area (Å²) in [5.74, 6) is 0.268. The Morgan fingerprint density at radius 2 is 1.65 bits per heavy atom. The van der Waals surface area contributed by atoms with Gasteiger partial charge in [-0.25, -0.2) is 0 Å². The van der Waals surface area contributed by atoms with Crippen LogP contribution in [0.25, 0.3) is 0 Å². The van der Waals surface area contributed by atoms with Gasteiger partial charge in [0.05, 0.1) is 0 Å². The molecule has 0 bridgehead atoms. The first-order valence-electron chi connectivity index (χ1n) is 8.44. The highest BCUT2D eigenvalue weighted by molar-refractivity contribution is 6.04. The highest BCUT2D eigenvalue weighted by Gasteiger charge is 2.09. The number of nitrogens with one attached hydrogen (secondary N) is 2. The predicted molar refractivity (Wildman–Crippen MR) is 105 cm³/mol. The summed E-state index contributed by atoms with van der Waals surface area (Å²) in [7, 11) is 0. The molecule has 0 radical (unpaired) electrons. The zero-order valence-corrected chi connectivity index (χ0v) is 15.3. The first kappa shape index (κ1) is 19.2. The molecule has 136 valence electrons. The molecule has 0 fully saturated rings. The van der Waals surface area contributed by atoms with E-state index in [2.05, 4.69) is 17.2 Å². The van der Waals surface area contributed by atoms with Crippen molar-refractivity contribution >= 4 is 23.2 Å². The number of amides is 2. The second-order valence-corrected chi connectivity index (χ2v) is 6.45. The summed E-state index contributed by atoms with van der Waals surface area (Å²) < 4.78 is 5.52. The number of hydrogen-bond acceptors (Lipinski definition) is 3. The highest BCUT2D eigenvalue weighted by atomic mass is 16.5. The van der Waals surface area contributed by atoms with Crippen molar-refractivity contribution in [2.24, 2.45) is 5.92 Å². The lowest BCUT2D eigenvalue weighted by Crippen LogP contribution is -2.18. The largest absolute Gasteiger partial charge is 0.489 e. The van der Waals surface area contributed by atoms with Crippen LogP contribution in [-0.4, -0.2) is 18.4 Å². The van der Waals surface area contributed by atoms with E-state index in [1.165, 1.54) is 0 Å². The maximum atomic E-state index is 12.4. The van der Waals surface area contributed by atoms with Crippen LogP contribution >= 0.6 is 0 Å². The SMILES string of the molecule is C=C(C)COc1ccc(C(=O)Nc2cccc(NC(=O)C(C)C)c2)cc1. The van der Waals surface area contributed by atoms with E-state index in [-0.39, 0.29) is 17.7 Å². The van der Waals surface area contributed by atoms with Crippen molar-refractivity contribution in [2.45, 2.75) is 20.8 Å². The second-order valence-electron chi connectivity index (χ2n) is 6.45. The Hall–Kier alpha value is -3.08. The Labute approximate surface area is 154 Å². The zero-order valence-electron chi connectivity index (χ0n) is 15.3. The smallest absolute Gasteiger partial charge is 0.255 e. The molecular formula is C21H24N2O3. The van der Waals surface area contributed by atoms with E-state index in [1.54, 1.807) is 48.5 Å². The van der Waals surface area contributed by atoms with Crippen molar-refractivity contribution < 1.29 is 14.3 Å². The third-order valence-corrected chi connectivity index (χ3v) is 3.51. The predicted octanol–water partition coefficient (Wildman–Crippen LogP) is 4.49. The molecule has 2 N–H and O–H groups in total. The van der Waals surface area contributed by atoms with Crippen molar-refractivity contribution in [2.75, 3.05) is 17.2 Å². The fraction of sp³-hybridized carbons (Fsp3) is 0.238. The van der Waals surface area contributed by atoms with Crippen molar-refractivity contribution in [1.29, 1.82) is 0 Å². The van der Waals surface area contributed by atoms with Crippen LogP contribution in [-0.2, 0) is 4.79 Å². The number of carbonyl (C=O) groups excluding carboxylic acids is 2. The third-order valence-electron chi connectivity index (χ3n) is 3.51. The van der Waals surface area contributed by atoms with Crippen molar-refractivity contribution in [3.8, 4) is 5.75 Å². The van der Waals surface area contributed by atoms with Gasteiger partial charge in [-0.3, -0.25) is 9.59 Å². The fourth-order valence-electron chi connectivity index (χ4n) is 2.07. The summed E-state index contributed by atoms with van der Waals surface area (Å²) in [5.41, 5.74) is 2.70. The number of ether oxygens (including phenoxy) is 1. The Kier molecular flexibility index (Phi) is 6.55. The molecule has 2 rings (SSSR count). The molecule has 0 spiro atoms. The Balaban J connectivity index is 2.01. The lowest BCUT2D eigenvalue weighted by Gasteiger charge is -2.11. The van der Waals surface area contributed by atoms with Gasteiger partial charge in [0.2, 0.25) is 5.91 Å². The molecule has 5 heteroatoms. The maximum absolute atomic E-state index is 12.4. The highest BCUT2D eigenvalue weighted by Crippen LogP contribution is 2.18.